The molecular weight excluding hydrogens is 204 g/mol. The fourth-order valence-corrected chi connectivity index (χ4v) is 4.94. The smallest absolute Gasteiger partial charge is 0.192 e. The summed E-state index contributed by atoms with van der Waals surface area (Å²) < 4.78 is 6.27. The van der Waals surface area contributed by atoms with Crippen LogP contribution in [0.25, 0.3) is 0 Å². The molecule has 1 aliphatic rings. The highest BCUT2D eigenvalue weighted by Crippen LogP contribution is 2.26. The Kier molecular flexibility index (Phi) is 4.73. The molecule has 0 saturated heterocycles. The third kappa shape index (κ3) is 3.28. The van der Waals surface area contributed by atoms with E-state index in [0.717, 1.165) is 6.42 Å². The zero-order valence-corrected chi connectivity index (χ0v) is 11.1. The Bertz CT molecular complexity index is 236. The van der Waals surface area contributed by atoms with E-state index >= 15 is 0 Å². The molecule has 0 saturated carbocycles. The number of rotatable bonds is 5. The van der Waals surface area contributed by atoms with E-state index in [1.807, 2.05) is 6.08 Å². The van der Waals surface area contributed by atoms with Crippen molar-refractivity contribution in [2.24, 2.45) is 0 Å². The van der Waals surface area contributed by atoms with Gasteiger partial charge in [0, 0.05) is 6.42 Å². The van der Waals surface area contributed by atoms with Crippen LogP contribution in [0.15, 0.2) is 12.2 Å². The lowest BCUT2D eigenvalue weighted by atomic mass is 10.0. The van der Waals surface area contributed by atoms with E-state index in [1.165, 1.54) is 18.1 Å². The van der Waals surface area contributed by atoms with Gasteiger partial charge in [0.2, 0.25) is 0 Å². The first kappa shape index (κ1) is 12.7. The second-order valence-corrected chi connectivity index (χ2v) is 8.99. The van der Waals surface area contributed by atoms with Crippen molar-refractivity contribution in [3.05, 3.63) is 12.2 Å². The molecule has 2 nitrogen and oxygen atoms in total. The Morgan fingerprint density at radius 1 is 1.33 bits per heavy atom. The number of hydrogen-bond acceptors (Lipinski definition) is 2. The van der Waals surface area contributed by atoms with Crippen molar-refractivity contribution >= 4 is 14.1 Å². The first-order valence-electron chi connectivity index (χ1n) is 6.04. The summed E-state index contributed by atoms with van der Waals surface area (Å²) in [5.41, 5.74) is 0. The third-order valence-electron chi connectivity index (χ3n) is 3.51. The van der Waals surface area contributed by atoms with E-state index in [-0.39, 0.29) is 11.9 Å². The van der Waals surface area contributed by atoms with Gasteiger partial charge in [0.05, 0.1) is 6.10 Å². The van der Waals surface area contributed by atoms with Crippen LogP contribution in [-0.4, -0.2) is 20.2 Å². The SMILES string of the molecule is CC[Si](CC)(CC)OC1C=CC(=O)CC1. The second kappa shape index (κ2) is 5.61. The van der Waals surface area contributed by atoms with E-state index in [4.69, 9.17) is 4.43 Å². The molecule has 1 aliphatic carbocycles. The first-order valence-corrected chi connectivity index (χ1v) is 8.57. The second-order valence-electron chi connectivity index (χ2n) is 4.26. The Morgan fingerprint density at radius 3 is 2.33 bits per heavy atom. The average molecular weight is 226 g/mol. The number of carbonyl (C=O) groups is 1. The van der Waals surface area contributed by atoms with Gasteiger partial charge in [0.1, 0.15) is 0 Å². The molecule has 0 amide bonds. The van der Waals surface area contributed by atoms with Crippen molar-refractivity contribution in [2.45, 2.75) is 57.8 Å². The number of carbonyl (C=O) groups excluding carboxylic acids is 1. The average Bonchev–Trinajstić information content (AvgIpc) is 2.29. The fraction of sp³-hybridized carbons (Fsp3) is 0.750. The van der Waals surface area contributed by atoms with E-state index in [0.29, 0.717) is 6.42 Å². The largest absolute Gasteiger partial charge is 0.411 e. The van der Waals surface area contributed by atoms with Crippen LogP contribution < -0.4 is 0 Å². The molecule has 0 spiro atoms. The molecule has 0 aromatic carbocycles. The van der Waals surface area contributed by atoms with Crippen molar-refractivity contribution < 1.29 is 9.22 Å². The summed E-state index contributed by atoms with van der Waals surface area (Å²) in [6.45, 7) is 6.70. The minimum absolute atomic E-state index is 0.203. The Morgan fingerprint density at radius 2 is 1.93 bits per heavy atom. The van der Waals surface area contributed by atoms with Gasteiger partial charge in [0.15, 0.2) is 14.1 Å². The van der Waals surface area contributed by atoms with E-state index in [9.17, 15) is 4.79 Å². The predicted molar refractivity (Wildman–Crippen MR) is 65.5 cm³/mol. The fourth-order valence-electron chi connectivity index (χ4n) is 2.10. The molecule has 3 heteroatoms. The molecule has 0 heterocycles. The Labute approximate surface area is 93.8 Å². The van der Waals surface area contributed by atoms with Gasteiger partial charge in [-0.15, -0.1) is 0 Å². The summed E-state index contributed by atoms with van der Waals surface area (Å²) >= 11 is 0. The first-order chi connectivity index (χ1) is 7.15. The van der Waals surface area contributed by atoms with Crippen molar-refractivity contribution in [3.63, 3.8) is 0 Å². The molecule has 86 valence electrons. The van der Waals surface area contributed by atoms with Gasteiger partial charge in [-0.3, -0.25) is 4.79 Å². The lowest BCUT2D eigenvalue weighted by molar-refractivity contribution is -0.115. The van der Waals surface area contributed by atoms with Crippen molar-refractivity contribution in [2.75, 3.05) is 0 Å². The maximum atomic E-state index is 11.1. The van der Waals surface area contributed by atoms with Crippen LogP contribution in [0.2, 0.25) is 18.1 Å². The molecule has 0 N–H and O–H groups in total. The van der Waals surface area contributed by atoms with Crippen molar-refractivity contribution in [1.29, 1.82) is 0 Å². The molecule has 0 bridgehead atoms. The van der Waals surface area contributed by atoms with Crippen LogP contribution in [0, 0.1) is 0 Å². The van der Waals surface area contributed by atoms with Gasteiger partial charge in [-0.25, -0.2) is 0 Å². The predicted octanol–water partition coefficient (Wildman–Crippen LogP) is 3.30. The van der Waals surface area contributed by atoms with E-state index < -0.39 is 8.32 Å². The highest BCUT2D eigenvalue weighted by atomic mass is 28.4. The summed E-state index contributed by atoms with van der Waals surface area (Å²) in [6.07, 6.45) is 5.38. The highest BCUT2D eigenvalue weighted by molar-refractivity contribution is 6.73. The summed E-state index contributed by atoms with van der Waals surface area (Å²) in [7, 11) is -1.49. The number of allylic oxidation sites excluding steroid dienone is 1. The molecule has 0 aromatic rings. The third-order valence-corrected chi connectivity index (χ3v) is 8.18. The van der Waals surface area contributed by atoms with Gasteiger partial charge in [0.25, 0.3) is 0 Å². The molecule has 0 aromatic heterocycles. The number of hydrogen-bond donors (Lipinski definition) is 0. The molecule has 0 fully saturated rings. The summed E-state index contributed by atoms with van der Waals surface area (Å²) in [5.74, 6) is 0.242. The molecule has 0 radical (unpaired) electrons. The molecular formula is C12H22O2Si. The molecule has 15 heavy (non-hydrogen) atoms. The minimum atomic E-state index is -1.49. The Balaban J connectivity index is 2.59. The molecule has 0 aliphatic heterocycles. The highest BCUT2D eigenvalue weighted by Gasteiger charge is 2.31. The Hall–Kier alpha value is -0.413. The van der Waals surface area contributed by atoms with Gasteiger partial charge in [-0.1, -0.05) is 26.8 Å². The minimum Gasteiger partial charge on any atom is -0.411 e. The normalized spacial score (nSPS) is 22.1. The summed E-state index contributed by atoms with van der Waals surface area (Å²) in [4.78, 5) is 11.1. The van der Waals surface area contributed by atoms with E-state index in [1.54, 1.807) is 6.08 Å². The van der Waals surface area contributed by atoms with Crippen molar-refractivity contribution in [3.8, 4) is 0 Å². The quantitative estimate of drug-likeness (QED) is 0.672. The molecule has 1 rings (SSSR count). The zero-order valence-electron chi connectivity index (χ0n) is 10.1. The summed E-state index contributed by atoms with van der Waals surface area (Å²) in [6, 6.07) is 3.54. The van der Waals surface area contributed by atoms with Crippen LogP contribution in [0.4, 0.5) is 0 Å². The standard InChI is InChI=1S/C12H22O2Si/c1-4-15(5-2,6-3)14-12-9-7-11(13)8-10-12/h7,9,12H,4-6,8,10H2,1-3H3. The topological polar surface area (TPSA) is 26.3 Å². The van der Waals surface area contributed by atoms with Gasteiger partial charge in [-0.2, -0.15) is 0 Å². The van der Waals surface area contributed by atoms with Crippen LogP contribution in [-0.2, 0) is 9.22 Å². The van der Waals surface area contributed by atoms with Crippen LogP contribution >= 0.6 is 0 Å². The van der Waals surface area contributed by atoms with Gasteiger partial charge in [-0.05, 0) is 30.6 Å². The summed E-state index contributed by atoms with van der Waals surface area (Å²) in [5, 5.41) is 0. The van der Waals surface area contributed by atoms with Crippen LogP contribution in [0.1, 0.15) is 33.6 Å². The zero-order chi connectivity index (χ0) is 11.3. The van der Waals surface area contributed by atoms with Crippen molar-refractivity contribution in [1.82, 2.24) is 0 Å². The lowest BCUT2D eigenvalue weighted by Crippen LogP contribution is -2.40. The maximum absolute atomic E-state index is 11.1. The van der Waals surface area contributed by atoms with Gasteiger partial charge < -0.3 is 4.43 Å². The van der Waals surface area contributed by atoms with Crippen LogP contribution in [0.3, 0.4) is 0 Å². The lowest BCUT2D eigenvalue weighted by Gasteiger charge is -2.32. The maximum Gasteiger partial charge on any atom is 0.192 e. The monoisotopic (exact) mass is 226 g/mol. The van der Waals surface area contributed by atoms with E-state index in [2.05, 4.69) is 20.8 Å². The number of ketones is 1. The van der Waals surface area contributed by atoms with Gasteiger partial charge >= 0.3 is 0 Å². The molecule has 1 unspecified atom stereocenters. The molecule has 1 atom stereocenters. The van der Waals surface area contributed by atoms with Crippen LogP contribution in [0.5, 0.6) is 0 Å².